The predicted molar refractivity (Wildman–Crippen MR) is 71.2 cm³/mol. The molecule has 2 aromatic heterocycles. The molecule has 1 N–H and O–H groups in total. The molecule has 1 fully saturated rings. The Bertz CT molecular complexity index is 600. The second kappa shape index (κ2) is 5.01. The second-order valence-corrected chi connectivity index (χ2v) is 4.89. The van der Waals surface area contributed by atoms with Gasteiger partial charge in [0.05, 0.1) is 12.6 Å². The minimum absolute atomic E-state index is 0.375. The molecule has 3 rings (SSSR count). The summed E-state index contributed by atoms with van der Waals surface area (Å²) < 4.78 is 6.79. The van der Waals surface area contributed by atoms with E-state index in [1.165, 1.54) is 7.11 Å². The van der Waals surface area contributed by atoms with Crippen LogP contribution in [0, 0.1) is 5.92 Å². The Hall–Kier alpha value is -1.88. The molecule has 0 spiro atoms. The zero-order valence-corrected chi connectivity index (χ0v) is 10.9. The van der Waals surface area contributed by atoms with Crippen molar-refractivity contribution in [3.05, 3.63) is 35.9 Å². The summed E-state index contributed by atoms with van der Waals surface area (Å²) >= 11 is 0. The number of pyridine rings is 1. The first kappa shape index (κ1) is 12.2. The molecular formula is C14H17N3O2. The quantitative estimate of drug-likeness (QED) is 0.843. The maximum absolute atomic E-state index is 11.8. The number of nitrogens with zero attached hydrogens (tertiary/aromatic N) is 2. The third-order valence-corrected chi connectivity index (χ3v) is 3.63. The molecule has 5 nitrogen and oxygen atoms in total. The highest BCUT2D eigenvalue weighted by Crippen LogP contribution is 2.19. The maximum Gasteiger partial charge on any atom is 0.358 e. The zero-order chi connectivity index (χ0) is 13.2. The molecule has 1 aliphatic rings. The maximum atomic E-state index is 11.8. The van der Waals surface area contributed by atoms with Crippen molar-refractivity contribution in [1.82, 2.24) is 14.7 Å². The fourth-order valence-corrected chi connectivity index (χ4v) is 2.64. The molecule has 3 heterocycles. The van der Waals surface area contributed by atoms with Gasteiger partial charge in [-0.2, -0.15) is 0 Å². The molecule has 0 radical (unpaired) electrons. The summed E-state index contributed by atoms with van der Waals surface area (Å²) in [4.78, 5) is 16.3. The van der Waals surface area contributed by atoms with Gasteiger partial charge >= 0.3 is 5.97 Å². The number of fused-ring (bicyclic) bond motifs is 1. The summed E-state index contributed by atoms with van der Waals surface area (Å²) in [7, 11) is 1.39. The highest BCUT2D eigenvalue weighted by atomic mass is 16.5. The van der Waals surface area contributed by atoms with Crippen molar-refractivity contribution in [3.63, 3.8) is 0 Å². The van der Waals surface area contributed by atoms with Gasteiger partial charge in [0, 0.05) is 12.6 Å². The molecule has 1 saturated heterocycles. The Morgan fingerprint density at radius 3 is 3.21 bits per heavy atom. The van der Waals surface area contributed by atoms with Gasteiger partial charge in [0.25, 0.3) is 0 Å². The Kier molecular flexibility index (Phi) is 3.21. The molecule has 2 aromatic rings. The first-order chi connectivity index (χ1) is 9.29. The lowest BCUT2D eigenvalue weighted by molar-refractivity contribution is 0.0596. The van der Waals surface area contributed by atoms with Crippen LogP contribution in [0.25, 0.3) is 5.52 Å². The number of nitrogens with one attached hydrogen (secondary N) is 1. The zero-order valence-electron chi connectivity index (χ0n) is 10.9. The summed E-state index contributed by atoms with van der Waals surface area (Å²) in [6, 6.07) is 5.76. The van der Waals surface area contributed by atoms with Gasteiger partial charge in [-0.3, -0.25) is 0 Å². The van der Waals surface area contributed by atoms with E-state index in [2.05, 4.69) is 10.3 Å². The molecule has 5 heteroatoms. The molecule has 1 atom stereocenters. The molecule has 1 aliphatic heterocycles. The number of hydrogen-bond donors (Lipinski definition) is 1. The van der Waals surface area contributed by atoms with Crippen LogP contribution in [0.4, 0.5) is 0 Å². The van der Waals surface area contributed by atoms with Crippen molar-refractivity contribution in [3.8, 4) is 0 Å². The largest absolute Gasteiger partial charge is 0.464 e. The van der Waals surface area contributed by atoms with E-state index in [9.17, 15) is 4.79 Å². The van der Waals surface area contributed by atoms with E-state index in [1.807, 2.05) is 28.8 Å². The summed E-state index contributed by atoms with van der Waals surface area (Å²) in [5, 5.41) is 3.35. The number of imidazole rings is 1. The number of hydrogen-bond acceptors (Lipinski definition) is 4. The van der Waals surface area contributed by atoms with E-state index in [4.69, 9.17) is 4.74 Å². The number of aromatic nitrogens is 2. The molecule has 0 amide bonds. The van der Waals surface area contributed by atoms with Crippen LogP contribution in [0.15, 0.2) is 24.4 Å². The number of rotatable bonds is 3. The SMILES string of the molecule is COC(=O)c1nc(CC2CCNC2)n2ccccc12. The molecular weight excluding hydrogens is 242 g/mol. The van der Waals surface area contributed by atoms with Gasteiger partial charge in [-0.25, -0.2) is 9.78 Å². The molecule has 0 saturated carbocycles. The topological polar surface area (TPSA) is 55.6 Å². The van der Waals surface area contributed by atoms with Crippen LogP contribution < -0.4 is 5.32 Å². The number of esters is 1. The van der Waals surface area contributed by atoms with E-state index < -0.39 is 0 Å². The van der Waals surface area contributed by atoms with Gasteiger partial charge in [0.2, 0.25) is 0 Å². The second-order valence-electron chi connectivity index (χ2n) is 4.89. The van der Waals surface area contributed by atoms with Crippen molar-refractivity contribution < 1.29 is 9.53 Å². The number of carbonyl (C=O) groups is 1. The van der Waals surface area contributed by atoms with Crippen LogP contribution in [0.5, 0.6) is 0 Å². The predicted octanol–water partition coefficient (Wildman–Crippen LogP) is 1.27. The highest BCUT2D eigenvalue weighted by Gasteiger charge is 2.21. The van der Waals surface area contributed by atoms with Crippen LogP contribution in [-0.4, -0.2) is 35.6 Å². The molecule has 0 aromatic carbocycles. The fraction of sp³-hybridized carbons (Fsp3) is 0.429. The molecule has 100 valence electrons. The lowest BCUT2D eigenvalue weighted by Gasteiger charge is -2.06. The smallest absolute Gasteiger partial charge is 0.358 e. The van der Waals surface area contributed by atoms with Gasteiger partial charge in [0.1, 0.15) is 5.82 Å². The minimum Gasteiger partial charge on any atom is -0.464 e. The summed E-state index contributed by atoms with van der Waals surface area (Å²) in [6.45, 7) is 2.09. The average Bonchev–Trinajstić information content (AvgIpc) is 3.07. The van der Waals surface area contributed by atoms with Crippen LogP contribution >= 0.6 is 0 Å². The normalized spacial score (nSPS) is 18.9. The monoisotopic (exact) mass is 259 g/mol. The van der Waals surface area contributed by atoms with Gasteiger partial charge in [-0.15, -0.1) is 0 Å². The van der Waals surface area contributed by atoms with Gasteiger partial charge in [-0.05, 0) is 37.6 Å². The lowest BCUT2D eigenvalue weighted by atomic mass is 10.1. The van der Waals surface area contributed by atoms with E-state index in [-0.39, 0.29) is 5.97 Å². The van der Waals surface area contributed by atoms with E-state index in [0.717, 1.165) is 37.3 Å². The first-order valence-electron chi connectivity index (χ1n) is 6.54. The van der Waals surface area contributed by atoms with Crippen LogP contribution in [-0.2, 0) is 11.2 Å². The number of ether oxygens (including phenoxy) is 1. The van der Waals surface area contributed by atoms with Gasteiger partial charge in [0.15, 0.2) is 5.69 Å². The summed E-state index contributed by atoms with van der Waals surface area (Å²) in [6.07, 6.45) is 4.00. The Morgan fingerprint density at radius 2 is 2.47 bits per heavy atom. The van der Waals surface area contributed by atoms with Crippen molar-refractivity contribution in [2.45, 2.75) is 12.8 Å². The van der Waals surface area contributed by atoms with Crippen molar-refractivity contribution >= 4 is 11.5 Å². The Labute approximate surface area is 111 Å². The van der Waals surface area contributed by atoms with Gasteiger partial charge in [-0.1, -0.05) is 6.07 Å². The molecule has 0 bridgehead atoms. The van der Waals surface area contributed by atoms with Crippen molar-refractivity contribution in [2.24, 2.45) is 5.92 Å². The minimum atomic E-state index is -0.375. The van der Waals surface area contributed by atoms with Crippen LogP contribution in [0.2, 0.25) is 0 Å². The summed E-state index contributed by atoms with van der Waals surface area (Å²) in [5.74, 6) is 1.15. The van der Waals surface area contributed by atoms with Crippen LogP contribution in [0.1, 0.15) is 22.7 Å². The van der Waals surface area contributed by atoms with E-state index in [0.29, 0.717) is 11.6 Å². The average molecular weight is 259 g/mol. The lowest BCUT2D eigenvalue weighted by Crippen LogP contribution is -2.12. The summed E-state index contributed by atoms with van der Waals surface area (Å²) in [5.41, 5.74) is 1.22. The third-order valence-electron chi connectivity index (χ3n) is 3.63. The fourth-order valence-electron chi connectivity index (χ4n) is 2.64. The Morgan fingerprint density at radius 1 is 1.58 bits per heavy atom. The molecule has 0 aliphatic carbocycles. The standard InChI is InChI=1S/C14H17N3O2/c1-19-14(18)13-11-4-2-3-7-17(11)12(16-13)8-10-5-6-15-9-10/h2-4,7,10,15H,5-6,8-9H2,1H3. The Balaban J connectivity index is 2.01. The number of carbonyl (C=O) groups excluding carboxylic acids is 1. The van der Waals surface area contributed by atoms with E-state index in [1.54, 1.807) is 0 Å². The molecule has 1 unspecified atom stereocenters. The van der Waals surface area contributed by atoms with E-state index >= 15 is 0 Å². The van der Waals surface area contributed by atoms with Crippen molar-refractivity contribution in [2.75, 3.05) is 20.2 Å². The highest BCUT2D eigenvalue weighted by molar-refractivity contribution is 5.95. The number of methoxy groups -OCH3 is 1. The van der Waals surface area contributed by atoms with Crippen molar-refractivity contribution in [1.29, 1.82) is 0 Å². The molecule has 19 heavy (non-hydrogen) atoms. The van der Waals surface area contributed by atoms with Crippen LogP contribution in [0.3, 0.4) is 0 Å². The van der Waals surface area contributed by atoms with Gasteiger partial charge < -0.3 is 14.5 Å². The first-order valence-corrected chi connectivity index (χ1v) is 6.54. The third kappa shape index (κ3) is 2.21.